The van der Waals surface area contributed by atoms with Crippen molar-refractivity contribution in [3.05, 3.63) is 107 Å². The van der Waals surface area contributed by atoms with Gasteiger partial charge in [0, 0.05) is 42.2 Å². The smallest absolute Gasteiger partial charge is 0.227 e. The minimum absolute atomic E-state index is 0.102. The molecular formula is C31H32N2O2. The van der Waals surface area contributed by atoms with Crippen LogP contribution in [0.15, 0.2) is 84.9 Å². The number of benzene rings is 3. The first-order chi connectivity index (χ1) is 17.2. The van der Waals surface area contributed by atoms with E-state index in [1.54, 1.807) is 0 Å². The van der Waals surface area contributed by atoms with Gasteiger partial charge in [-0.05, 0) is 54.8 Å². The molecule has 2 fully saturated rings. The van der Waals surface area contributed by atoms with Crippen LogP contribution in [0, 0.1) is 11.8 Å². The molecule has 0 unspecified atom stereocenters. The van der Waals surface area contributed by atoms with Crippen LogP contribution in [0.5, 0.6) is 0 Å². The number of hydrogen-bond donors (Lipinski definition) is 1. The molecule has 0 spiro atoms. The third-order valence-corrected chi connectivity index (χ3v) is 7.34. The third-order valence-electron chi connectivity index (χ3n) is 7.34. The van der Waals surface area contributed by atoms with Crippen molar-refractivity contribution >= 4 is 5.91 Å². The fourth-order valence-electron chi connectivity index (χ4n) is 5.50. The molecule has 3 aromatic carbocycles. The average molecular weight is 465 g/mol. The number of fused-ring (bicyclic) bond motifs is 1. The molecule has 4 nitrogen and oxygen atoms in total. The first-order valence-electron chi connectivity index (χ1n) is 12.6. The number of carbonyl (C=O) groups excluding carboxylic acids is 1. The highest BCUT2D eigenvalue weighted by Gasteiger charge is 2.49. The maximum atomic E-state index is 13.2. The van der Waals surface area contributed by atoms with Gasteiger partial charge < -0.3 is 10.0 Å². The molecule has 4 heteroatoms. The minimum Gasteiger partial charge on any atom is -0.395 e. The Kier molecular flexibility index (Phi) is 7.28. The molecule has 0 aliphatic carbocycles. The Morgan fingerprint density at radius 1 is 0.829 bits per heavy atom. The van der Waals surface area contributed by atoms with Crippen LogP contribution >= 0.6 is 0 Å². The highest BCUT2D eigenvalue weighted by atomic mass is 16.3. The van der Waals surface area contributed by atoms with E-state index in [2.05, 4.69) is 41.0 Å². The Bertz CT molecular complexity index is 1180. The summed E-state index contributed by atoms with van der Waals surface area (Å²) in [6.07, 6.45) is 2.49. The van der Waals surface area contributed by atoms with Gasteiger partial charge in [-0.25, -0.2) is 0 Å². The maximum absolute atomic E-state index is 13.2. The lowest BCUT2D eigenvalue weighted by atomic mass is 9.74. The van der Waals surface area contributed by atoms with Gasteiger partial charge >= 0.3 is 0 Å². The van der Waals surface area contributed by atoms with Gasteiger partial charge in [-0.2, -0.15) is 0 Å². The van der Waals surface area contributed by atoms with E-state index in [4.69, 9.17) is 0 Å². The summed E-state index contributed by atoms with van der Waals surface area (Å²) >= 11 is 0. The zero-order chi connectivity index (χ0) is 24.0. The number of hydrogen-bond acceptors (Lipinski definition) is 3. The molecule has 0 bridgehead atoms. The molecule has 3 aromatic rings. The van der Waals surface area contributed by atoms with Gasteiger partial charge in [0.05, 0.1) is 13.0 Å². The molecule has 0 radical (unpaired) electrons. The number of nitrogens with zero attached hydrogens (tertiary/aromatic N) is 2. The summed E-state index contributed by atoms with van der Waals surface area (Å²) < 4.78 is 0. The molecule has 35 heavy (non-hydrogen) atoms. The van der Waals surface area contributed by atoms with E-state index in [0.717, 1.165) is 42.6 Å². The SMILES string of the molecule is O=C(Cc1ccccc1)N1CCCCN2[C@H](CO)[C@H](c3ccc(C#Cc4ccccc4)cc3)[C@@H]2C1. The van der Waals surface area contributed by atoms with Crippen molar-refractivity contribution in [2.45, 2.75) is 37.3 Å². The normalized spacial score (nSPS) is 22.1. The second-order valence-electron chi connectivity index (χ2n) is 9.53. The van der Waals surface area contributed by atoms with Crippen LogP contribution in [-0.4, -0.2) is 59.1 Å². The Labute approximate surface area is 208 Å². The molecule has 2 aliphatic rings. The van der Waals surface area contributed by atoms with E-state index in [1.165, 1.54) is 5.56 Å². The lowest BCUT2D eigenvalue weighted by Crippen LogP contribution is -2.68. The zero-order valence-electron chi connectivity index (χ0n) is 20.0. The van der Waals surface area contributed by atoms with Crippen molar-refractivity contribution in [3.8, 4) is 11.8 Å². The van der Waals surface area contributed by atoms with Gasteiger partial charge in [0.1, 0.15) is 0 Å². The van der Waals surface area contributed by atoms with Gasteiger partial charge in [-0.1, -0.05) is 72.5 Å². The van der Waals surface area contributed by atoms with Crippen molar-refractivity contribution in [2.75, 3.05) is 26.2 Å². The van der Waals surface area contributed by atoms with Crippen LogP contribution in [0.25, 0.3) is 0 Å². The molecule has 0 saturated carbocycles. The summed E-state index contributed by atoms with van der Waals surface area (Å²) in [4.78, 5) is 17.6. The quantitative estimate of drug-likeness (QED) is 0.592. The molecule has 178 valence electrons. The van der Waals surface area contributed by atoms with E-state index < -0.39 is 0 Å². The highest BCUT2D eigenvalue weighted by molar-refractivity contribution is 5.78. The molecule has 1 N–H and O–H groups in total. The molecule has 0 aromatic heterocycles. The fourth-order valence-corrected chi connectivity index (χ4v) is 5.50. The minimum atomic E-state index is 0.102. The van der Waals surface area contributed by atoms with E-state index in [1.807, 2.05) is 65.6 Å². The number of amides is 1. The van der Waals surface area contributed by atoms with E-state index in [-0.39, 0.29) is 30.5 Å². The summed E-state index contributed by atoms with van der Waals surface area (Å²) in [5.41, 5.74) is 4.25. The standard InChI is InChI=1S/C31H32N2O2/c34-23-29-31(27-17-15-25(16-18-27)14-13-24-9-3-1-4-10-24)28-22-32(19-7-8-20-33(28)29)30(35)21-26-11-5-2-6-12-26/h1-6,9-12,15-18,28-29,31,34H,7-8,19-23H2/t28-,29+,31+/m0/s1. The lowest BCUT2D eigenvalue weighted by molar-refractivity contribution is -0.135. The second-order valence-corrected chi connectivity index (χ2v) is 9.53. The van der Waals surface area contributed by atoms with Crippen molar-refractivity contribution < 1.29 is 9.90 Å². The van der Waals surface area contributed by atoms with Crippen molar-refractivity contribution in [3.63, 3.8) is 0 Å². The largest absolute Gasteiger partial charge is 0.395 e. The van der Waals surface area contributed by atoms with Crippen molar-refractivity contribution in [1.82, 2.24) is 9.80 Å². The Hall–Kier alpha value is -3.39. The number of carbonyl (C=O) groups is 1. The van der Waals surface area contributed by atoms with Crippen LogP contribution in [0.3, 0.4) is 0 Å². The number of aliphatic hydroxyl groups is 1. The van der Waals surface area contributed by atoms with Gasteiger partial charge in [-0.3, -0.25) is 9.69 Å². The second kappa shape index (κ2) is 10.9. The van der Waals surface area contributed by atoms with Gasteiger partial charge in [-0.15, -0.1) is 0 Å². The zero-order valence-corrected chi connectivity index (χ0v) is 20.0. The predicted octanol–water partition coefficient (Wildman–Crippen LogP) is 4.08. The fraction of sp³-hybridized carbons (Fsp3) is 0.323. The summed E-state index contributed by atoms with van der Waals surface area (Å²) in [6.45, 7) is 2.63. The molecule has 5 rings (SSSR count). The Morgan fingerprint density at radius 2 is 1.46 bits per heavy atom. The summed E-state index contributed by atoms with van der Waals surface area (Å²) in [7, 11) is 0. The van der Waals surface area contributed by atoms with Crippen molar-refractivity contribution in [2.24, 2.45) is 0 Å². The summed E-state index contributed by atoms with van der Waals surface area (Å²) in [5.74, 6) is 6.86. The van der Waals surface area contributed by atoms with Crippen LogP contribution in [-0.2, 0) is 11.2 Å². The molecule has 2 saturated heterocycles. The van der Waals surface area contributed by atoms with Gasteiger partial charge in [0.15, 0.2) is 0 Å². The van der Waals surface area contributed by atoms with Gasteiger partial charge in [0.2, 0.25) is 5.91 Å². The third kappa shape index (κ3) is 5.32. The Balaban J connectivity index is 1.32. The molecule has 1 amide bonds. The van der Waals surface area contributed by atoms with E-state index in [9.17, 15) is 9.90 Å². The summed E-state index contributed by atoms with van der Waals surface area (Å²) in [6, 6.07) is 28.8. The first-order valence-corrected chi connectivity index (χ1v) is 12.6. The number of rotatable bonds is 4. The average Bonchev–Trinajstić information content (AvgIpc) is 2.88. The number of aliphatic hydroxyl groups excluding tert-OH is 1. The molecule has 3 atom stereocenters. The van der Waals surface area contributed by atoms with Crippen LogP contribution in [0.2, 0.25) is 0 Å². The van der Waals surface area contributed by atoms with Crippen LogP contribution < -0.4 is 0 Å². The Morgan fingerprint density at radius 3 is 2.14 bits per heavy atom. The summed E-state index contributed by atoms with van der Waals surface area (Å²) in [5, 5.41) is 10.2. The topological polar surface area (TPSA) is 43.8 Å². The van der Waals surface area contributed by atoms with E-state index >= 15 is 0 Å². The molecular weight excluding hydrogens is 432 g/mol. The van der Waals surface area contributed by atoms with Gasteiger partial charge in [0.25, 0.3) is 0 Å². The highest BCUT2D eigenvalue weighted by Crippen LogP contribution is 2.42. The predicted molar refractivity (Wildman–Crippen MR) is 139 cm³/mol. The van der Waals surface area contributed by atoms with E-state index in [0.29, 0.717) is 13.0 Å². The lowest BCUT2D eigenvalue weighted by Gasteiger charge is -2.57. The van der Waals surface area contributed by atoms with Crippen molar-refractivity contribution in [1.29, 1.82) is 0 Å². The molecule has 2 heterocycles. The molecule has 2 aliphatic heterocycles. The maximum Gasteiger partial charge on any atom is 0.227 e. The first kappa shape index (κ1) is 23.4. The monoisotopic (exact) mass is 464 g/mol. The van der Waals surface area contributed by atoms with Crippen LogP contribution in [0.4, 0.5) is 0 Å². The van der Waals surface area contributed by atoms with Crippen LogP contribution in [0.1, 0.15) is 41.0 Å².